The van der Waals surface area contributed by atoms with Crippen LogP contribution >= 0.6 is 0 Å². The third-order valence-electron chi connectivity index (χ3n) is 4.37. The molecule has 0 bridgehead atoms. The number of halogens is 1. The summed E-state index contributed by atoms with van der Waals surface area (Å²) in [4.78, 5) is 25.0. The Labute approximate surface area is 146 Å². The minimum absolute atomic E-state index is 0.134. The Morgan fingerprint density at radius 3 is 2.28 bits per heavy atom. The van der Waals surface area contributed by atoms with Gasteiger partial charge in [-0.05, 0) is 37.1 Å². The summed E-state index contributed by atoms with van der Waals surface area (Å²) in [6, 6.07) is 14.4. The van der Waals surface area contributed by atoms with Crippen molar-refractivity contribution in [2.24, 2.45) is 5.92 Å². The van der Waals surface area contributed by atoms with Gasteiger partial charge in [-0.3, -0.25) is 9.59 Å². The number of nitrogens with one attached hydrogen (secondary N) is 1. The summed E-state index contributed by atoms with van der Waals surface area (Å²) >= 11 is 0. The summed E-state index contributed by atoms with van der Waals surface area (Å²) < 4.78 is 18.6. The van der Waals surface area contributed by atoms with Gasteiger partial charge in [0.1, 0.15) is 5.82 Å². The smallest absolute Gasteiger partial charge is 0.310 e. The van der Waals surface area contributed by atoms with E-state index < -0.39 is 12.0 Å². The molecule has 0 radical (unpaired) electrons. The van der Waals surface area contributed by atoms with E-state index >= 15 is 0 Å². The van der Waals surface area contributed by atoms with E-state index in [1.165, 1.54) is 24.3 Å². The molecule has 0 unspecified atom stereocenters. The molecule has 0 aromatic heterocycles. The molecule has 0 spiro atoms. The molecule has 2 aromatic carbocycles. The standard InChI is InChI=1S/C20H20FNO3/c21-16-10-12-17(13-11-16)22-19(23)18(14-6-2-1-3-7-14)25-20(24)15-8-4-5-9-15/h1-3,6-7,10-13,15,18H,4-5,8-9H2,(H,22,23)/t18-/m1/s1. The number of carbonyl (C=O) groups excluding carboxylic acids is 2. The van der Waals surface area contributed by atoms with Gasteiger partial charge < -0.3 is 10.1 Å². The number of carbonyl (C=O) groups is 2. The van der Waals surface area contributed by atoms with Crippen molar-refractivity contribution in [3.05, 3.63) is 66.0 Å². The molecule has 0 saturated heterocycles. The minimum atomic E-state index is -1.03. The molecule has 1 saturated carbocycles. The normalized spacial score (nSPS) is 15.6. The second-order valence-electron chi connectivity index (χ2n) is 6.21. The van der Waals surface area contributed by atoms with Crippen LogP contribution in [-0.2, 0) is 14.3 Å². The monoisotopic (exact) mass is 341 g/mol. The molecular formula is C20H20FNO3. The van der Waals surface area contributed by atoms with Crippen molar-refractivity contribution < 1.29 is 18.7 Å². The zero-order chi connectivity index (χ0) is 17.6. The Bertz CT molecular complexity index is 724. The van der Waals surface area contributed by atoms with E-state index in [4.69, 9.17) is 4.74 Å². The molecular weight excluding hydrogens is 321 g/mol. The highest BCUT2D eigenvalue weighted by Gasteiger charge is 2.30. The van der Waals surface area contributed by atoms with Crippen LogP contribution in [0.15, 0.2) is 54.6 Å². The van der Waals surface area contributed by atoms with E-state index in [0.29, 0.717) is 11.3 Å². The summed E-state index contributed by atoms with van der Waals surface area (Å²) in [6.07, 6.45) is 2.61. The zero-order valence-corrected chi connectivity index (χ0v) is 13.8. The van der Waals surface area contributed by atoms with Crippen LogP contribution in [0.25, 0.3) is 0 Å². The number of rotatable bonds is 5. The third kappa shape index (κ3) is 4.44. The Kier molecular flexibility index (Phi) is 5.43. The van der Waals surface area contributed by atoms with Crippen molar-refractivity contribution in [3.63, 3.8) is 0 Å². The lowest BCUT2D eigenvalue weighted by Crippen LogP contribution is -2.28. The van der Waals surface area contributed by atoms with Gasteiger partial charge in [0, 0.05) is 11.3 Å². The van der Waals surface area contributed by atoms with Gasteiger partial charge in [0.2, 0.25) is 6.10 Å². The lowest BCUT2D eigenvalue weighted by atomic mass is 10.1. The van der Waals surface area contributed by atoms with Gasteiger partial charge in [-0.15, -0.1) is 0 Å². The fourth-order valence-corrected chi connectivity index (χ4v) is 3.02. The first-order valence-corrected chi connectivity index (χ1v) is 8.45. The Balaban J connectivity index is 1.76. The van der Waals surface area contributed by atoms with E-state index in [2.05, 4.69) is 5.32 Å². The highest BCUT2D eigenvalue weighted by atomic mass is 19.1. The van der Waals surface area contributed by atoms with Gasteiger partial charge in [-0.2, -0.15) is 0 Å². The second kappa shape index (κ2) is 7.92. The highest BCUT2D eigenvalue weighted by molar-refractivity contribution is 5.96. The first-order chi connectivity index (χ1) is 12.1. The van der Waals surface area contributed by atoms with Crippen molar-refractivity contribution >= 4 is 17.6 Å². The third-order valence-corrected chi connectivity index (χ3v) is 4.37. The largest absolute Gasteiger partial charge is 0.447 e. The Morgan fingerprint density at radius 1 is 1.00 bits per heavy atom. The maximum absolute atomic E-state index is 13.0. The van der Waals surface area contributed by atoms with Gasteiger partial charge >= 0.3 is 5.97 Å². The summed E-state index contributed by atoms with van der Waals surface area (Å²) in [5, 5.41) is 2.68. The quantitative estimate of drug-likeness (QED) is 0.828. The molecule has 25 heavy (non-hydrogen) atoms. The molecule has 1 atom stereocenters. The molecule has 1 aliphatic rings. The maximum Gasteiger partial charge on any atom is 0.310 e. The summed E-state index contributed by atoms with van der Waals surface area (Å²) in [7, 11) is 0. The Hall–Kier alpha value is -2.69. The van der Waals surface area contributed by atoms with Gasteiger partial charge in [-0.1, -0.05) is 43.2 Å². The molecule has 130 valence electrons. The van der Waals surface area contributed by atoms with Crippen LogP contribution in [0, 0.1) is 11.7 Å². The number of hydrogen-bond donors (Lipinski definition) is 1. The summed E-state index contributed by atoms with van der Waals surface area (Å²) in [6.45, 7) is 0. The van der Waals surface area contributed by atoms with Crippen molar-refractivity contribution in [3.8, 4) is 0 Å². The molecule has 1 fully saturated rings. The molecule has 1 aliphatic carbocycles. The Morgan fingerprint density at radius 2 is 1.64 bits per heavy atom. The molecule has 1 amide bonds. The summed E-state index contributed by atoms with van der Waals surface area (Å²) in [5.74, 6) is -1.31. The minimum Gasteiger partial charge on any atom is -0.447 e. The average Bonchev–Trinajstić information content (AvgIpc) is 3.17. The number of anilines is 1. The van der Waals surface area contributed by atoms with E-state index in [1.807, 2.05) is 6.07 Å². The van der Waals surface area contributed by atoms with Gasteiger partial charge in [0.25, 0.3) is 5.91 Å². The van der Waals surface area contributed by atoms with Crippen molar-refractivity contribution in [2.45, 2.75) is 31.8 Å². The predicted molar refractivity (Wildman–Crippen MR) is 92.3 cm³/mol. The van der Waals surface area contributed by atoms with E-state index in [0.717, 1.165) is 25.7 Å². The van der Waals surface area contributed by atoms with E-state index in [1.54, 1.807) is 24.3 Å². The van der Waals surface area contributed by atoms with Gasteiger partial charge in [0.05, 0.1) is 5.92 Å². The second-order valence-corrected chi connectivity index (χ2v) is 6.21. The molecule has 1 N–H and O–H groups in total. The average molecular weight is 341 g/mol. The first-order valence-electron chi connectivity index (χ1n) is 8.45. The topological polar surface area (TPSA) is 55.4 Å². The van der Waals surface area contributed by atoms with Crippen LogP contribution in [0.1, 0.15) is 37.4 Å². The van der Waals surface area contributed by atoms with Gasteiger partial charge in [-0.25, -0.2) is 4.39 Å². The van der Waals surface area contributed by atoms with Crippen LogP contribution in [0.3, 0.4) is 0 Å². The fourth-order valence-electron chi connectivity index (χ4n) is 3.02. The van der Waals surface area contributed by atoms with Crippen molar-refractivity contribution in [1.29, 1.82) is 0 Å². The lowest BCUT2D eigenvalue weighted by Gasteiger charge is -2.20. The molecule has 4 nitrogen and oxygen atoms in total. The summed E-state index contributed by atoms with van der Waals surface area (Å²) in [5.41, 5.74) is 1.05. The number of esters is 1. The lowest BCUT2D eigenvalue weighted by molar-refractivity contribution is -0.158. The molecule has 0 aliphatic heterocycles. The first kappa shape index (κ1) is 17.1. The predicted octanol–water partition coefficient (Wildman–Crippen LogP) is 4.24. The van der Waals surface area contributed by atoms with Crippen LogP contribution in [0.2, 0.25) is 0 Å². The number of hydrogen-bond acceptors (Lipinski definition) is 3. The van der Waals surface area contributed by atoms with Gasteiger partial charge in [0.15, 0.2) is 0 Å². The van der Waals surface area contributed by atoms with E-state index in [9.17, 15) is 14.0 Å². The maximum atomic E-state index is 13.0. The molecule has 0 heterocycles. The van der Waals surface area contributed by atoms with Crippen molar-refractivity contribution in [1.82, 2.24) is 0 Å². The molecule has 5 heteroatoms. The SMILES string of the molecule is O=C(O[C@@H](C(=O)Nc1ccc(F)cc1)c1ccccc1)C1CCCC1. The highest BCUT2D eigenvalue weighted by Crippen LogP contribution is 2.29. The van der Waals surface area contributed by atoms with Crippen LogP contribution in [-0.4, -0.2) is 11.9 Å². The number of benzene rings is 2. The van der Waals surface area contributed by atoms with Crippen LogP contribution in [0.4, 0.5) is 10.1 Å². The van der Waals surface area contributed by atoms with Crippen LogP contribution < -0.4 is 5.32 Å². The molecule has 3 rings (SSSR count). The molecule has 2 aromatic rings. The zero-order valence-electron chi connectivity index (χ0n) is 13.8. The number of amides is 1. The van der Waals surface area contributed by atoms with E-state index in [-0.39, 0.29) is 17.7 Å². The number of ether oxygens (including phenoxy) is 1. The van der Waals surface area contributed by atoms with Crippen LogP contribution in [0.5, 0.6) is 0 Å². The fraction of sp³-hybridized carbons (Fsp3) is 0.300. The van der Waals surface area contributed by atoms with Crippen molar-refractivity contribution in [2.75, 3.05) is 5.32 Å².